The minimum Gasteiger partial charge on any atom is -0.396 e. The smallest absolute Gasteiger partial charge is 0.0459 e. The summed E-state index contributed by atoms with van der Waals surface area (Å²) in [6.07, 6.45) is 4.83. The molecule has 0 aliphatic carbocycles. The van der Waals surface area contributed by atoms with Gasteiger partial charge in [0.2, 0.25) is 0 Å². The first-order chi connectivity index (χ1) is 5.76. The number of aliphatic hydroxyl groups is 1. The fourth-order valence-corrected chi connectivity index (χ4v) is 0.917. The summed E-state index contributed by atoms with van der Waals surface area (Å²) in [5.41, 5.74) is 0. The molecule has 4 nitrogen and oxygen atoms in total. The molecular weight excluding hydrogens is 160 g/mol. The molecule has 76 valence electrons. The Kier molecular flexibility index (Phi) is 16.1. The lowest BCUT2D eigenvalue weighted by Gasteiger charge is -2.08. The Balaban J connectivity index is 0. The second-order valence-electron chi connectivity index (χ2n) is 2.68. The molecule has 0 aromatic heterocycles. The van der Waals surface area contributed by atoms with Crippen molar-refractivity contribution in [3.8, 4) is 0 Å². The minimum atomic E-state index is 0.372. The average Bonchev–Trinajstić information content (AvgIpc) is 2.08. The van der Waals surface area contributed by atoms with Crippen LogP contribution in [0.2, 0.25) is 0 Å². The lowest BCUT2D eigenvalue weighted by Crippen LogP contribution is -2.03. The standard InChI is InChI=1S/C8H18O.H2O3/c1-3-5-6-8(4-2)7-9;1-3-2/h8-9H,3-7H2,1-2H3;1-2H. The van der Waals surface area contributed by atoms with Gasteiger partial charge < -0.3 is 5.11 Å². The summed E-state index contributed by atoms with van der Waals surface area (Å²) in [5.74, 6) is 0.560. The molecule has 0 radical (unpaired) electrons. The van der Waals surface area contributed by atoms with Crippen LogP contribution in [0, 0.1) is 5.92 Å². The van der Waals surface area contributed by atoms with Crippen LogP contribution in [-0.4, -0.2) is 22.2 Å². The van der Waals surface area contributed by atoms with Crippen LogP contribution in [0.1, 0.15) is 39.5 Å². The lowest BCUT2D eigenvalue weighted by atomic mass is 10.0. The quantitative estimate of drug-likeness (QED) is 0.448. The molecule has 3 N–H and O–H groups in total. The molecule has 0 spiro atoms. The van der Waals surface area contributed by atoms with E-state index < -0.39 is 0 Å². The second kappa shape index (κ2) is 13.4. The van der Waals surface area contributed by atoms with Gasteiger partial charge in [-0.3, -0.25) is 0 Å². The van der Waals surface area contributed by atoms with Crippen molar-refractivity contribution < 1.29 is 20.7 Å². The summed E-state index contributed by atoms with van der Waals surface area (Å²) in [6, 6.07) is 0. The van der Waals surface area contributed by atoms with E-state index >= 15 is 0 Å². The Hall–Kier alpha value is -0.160. The van der Waals surface area contributed by atoms with Gasteiger partial charge >= 0.3 is 0 Å². The molecular formula is C8H20O4. The van der Waals surface area contributed by atoms with Crippen molar-refractivity contribution in [1.82, 2.24) is 0 Å². The van der Waals surface area contributed by atoms with Gasteiger partial charge in [0.05, 0.1) is 0 Å². The number of hydrogen-bond acceptors (Lipinski definition) is 4. The van der Waals surface area contributed by atoms with Crippen LogP contribution in [0.4, 0.5) is 0 Å². The Morgan fingerprint density at radius 2 is 1.75 bits per heavy atom. The van der Waals surface area contributed by atoms with Crippen LogP contribution >= 0.6 is 0 Å². The van der Waals surface area contributed by atoms with Gasteiger partial charge in [-0.2, -0.15) is 0 Å². The monoisotopic (exact) mass is 180 g/mol. The molecule has 1 unspecified atom stereocenters. The van der Waals surface area contributed by atoms with Crippen LogP contribution in [0.25, 0.3) is 0 Å². The zero-order valence-corrected chi connectivity index (χ0v) is 7.86. The molecule has 1 atom stereocenters. The highest BCUT2D eigenvalue weighted by Gasteiger charge is 2.01. The van der Waals surface area contributed by atoms with Crippen molar-refractivity contribution in [3.63, 3.8) is 0 Å². The van der Waals surface area contributed by atoms with Crippen molar-refractivity contribution in [2.75, 3.05) is 6.61 Å². The van der Waals surface area contributed by atoms with E-state index in [9.17, 15) is 0 Å². The van der Waals surface area contributed by atoms with E-state index in [-0.39, 0.29) is 0 Å². The van der Waals surface area contributed by atoms with E-state index in [1.54, 1.807) is 0 Å². The fraction of sp³-hybridized carbons (Fsp3) is 1.00. The van der Waals surface area contributed by atoms with Gasteiger partial charge in [-0.05, 0) is 12.3 Å². The third-order valence-corrected chi connectivity index (χ3v) is 1.80. The Labute approximate surface area is 73.7 Å². The molecule has 12 heavy (non-hydrogen) atoms. The first-order valence-electron chi connectivity index (χ1n) is 4.32. The zero-order chi connectivity index (χ0) is 9.82. The van der Waals surface area contributed by atoms with Gasteiger partial charge in [0.25, 0.3) is 0 Å². The van der Waals surface area contributed by atoms with Crippen molar-refractivity contribution in [3.05, 3.63) is 0 Å². The van der Waals surface area contributed by atoms with Gasteiger partial charge in [0.15, 0.2) is 0 Å². The Morgan fingerprint density at radius 3 is 2.00 bits per heavy atom. The SMILES string of the molecule is CCCCC(CC)CO.OOO. The van der Waals surface area contributed by atoms with Crippen molar-refractivity contribution in [2.24, 2.45) is 5.92 Å². The van der Waals surface area contributed by atoms with E-state index in [1.165, 1.54) is 19.3 Å². The maximum absolute atomic E-state index is 8.75. The van der Waals surface area contributed by atoms with Gasteiger partial charge in [-0.15, -0.1) is 0 Å². The summed E-state index contributed by atoms with van der Waals surface area (Å²) >= 11 is 0. The summed E-state index contributed by atoms with van der Waals surface area (Å²) in [7, 11) is 0. The highest BCUT2D eigenvalue weighted by molar-refractivity contribution is 4.53. The molecule has 0 amide bonds. The zero-order valence-electron chi connectivity index (χ0n) is 7.86. The summed E-state index contributed by atoms with van der Waals surface area (Å²) in [5, 5.41) is 24.3. The third-order valence-electron chi connectivity index (χ3n) is 1.80. The molecule has 0 aromatic carbocycles. The molecule has 0 aromatic rings. The molecule has 0 aliphatic rings. The second-order valence-corrected chi connectivity index (χ2v) is 2.68. The normalized spacial score (nSPS) is 11.8. The maximum atomic E-state index is 8.75. The topological polar surface area (TPSA) is 69.9 Å². The largest absolute Gasteiger partial charge is 0.396 e. The van der Waals surface area contributed by atoms with Gasteiger partial charge in [-0.1, -0.05) is 38.1 Å². The van der Waals surface area contributed by atoms with Gasteiger partial charge in [0, 0.05) is 6.61 Å². The van der Waals surface area contributed by atoms with E-state index in [2.05, 4.69) is 18.9 Å². The molecule has 0 bridgehead atoms. The molecule has 4 heteroatoms. The predicted octanol–water partition coefficient (Wildman–Crippen LogP) is 2.14. The molecule has 0 rings (SSSR count). The van der Waals surface area contributed by atoms with Crippen molar-refractivity contribution in [2.45, 2.75) is 39.5 Å². The number of unbranched alkanes of at least 4 members (excludes halogenated alkanes) is 1. The highest BCUT2D eigenvalue weighted by Crippen LogP contribution is 2.10. The number of rotatable bonds is 5. The molecule has 0 heterocycles. The van der Waals surface area contributed by atoms with Crippen LogP contribution in [0.5, 0.6) is 0 Å². The van der Waals surface area contributed by atoms with Gasteiger partial charge in [0.1, 0.15) is 0 Å². The first-order valence-corrected chi connectivity index (χ1v) is 4.32. The highest BCUT2D eigenvalue weighted by atomic mass is 17.4. The lowest BCUT2D eigenvalue weighted by molar-refractivity contribution is -0.465. The van der Waals surface area contributed by atoms with Gasteiger partial charge in [-0.25, -0.2) is 10.5 Å². The summed E-state index contributed by atoms with van der Waals surface area (Å²) in [4.78, 5) is 0. The predicted molar refractivity (Wildman–Crippen MR) is 46.7 cm³/mol. The van der Waals surface area contributed by atoms with Crippen LogP contribution < -0.4 is 0 Å². The molecule has 0 fully saturated rings. The van der Waals surface area contributed by atoms with E-state index in [0.717, 1.165) is 6.42 Å². The fourth-order valence-electron chi connectivity index (χ4n) is 0.917. The maximum Gasteiger partial charge on any atom is 0.0459 e. The van der Waals surface area contributed by atoms with Crippen LogP contribution in [0.3, 0.4) is 0 Å². The summed E-state index contributed by atoms with van der Waals surface area (Å²) in [6.45, 7) is 4.69. The van der Waals surface area contributed by atoms with E-state index in [1.807, 2.05) is 0 Å². The average molecular weight is 180 g/mol. The Morgan fingerprint density at radius 1 is 1.25 bits per heavy atom. The molecule has 0 saturated carbocycles. The number of aliphatic hydroxyl groups excluding tert-OH is 1. The minimum absolute atomic E-state index is 0.372. The Bertz CT molecular complexity index is 64.1. The van der Waals surface area contributed by atoms with Crippen molar-refractivity contribution >= 4 is 0 Å². The van der Waals surface area contributed by atoms with E-state index in [4.69, 9.17) is 15.6 Å². The van der Waals surface area contributed by atoms with Crippen LogP contribution in [-0.2, 0) is 5.04 Å². The molecule has 0 aliphatic heterocycles. The molecule has 0 saturated heterocycles. The first kappa shape index (κ1) is 14.4. The van der Waals surface area contributed by atoms with E-state index in [0.29, 0.717) is 12.5 Å². The number of hydrogen-bond donors (Lipinski definition) is 3. The van der Waals surface area contributed by atoms with Crippen LogP contribution in [0.15, 0.2) is 0 Å². The van der Waals surface area contributed by atoms with Crippen molar-refractivity contribution in [1.29, 1.82) is 0 Å². The summed E-state index contributed by atoms with van der Waals surface area (Å²) < 4.78 is 0. The third kappa shape index (κ3) is 12.5.